The van der Waals surface area contributed by atoms with Crippen molar-refractivity contribution in [2.24, 2.45) is 5.41 Å². The number of amides is 1. The molecule has 0 N–H and O–H groups in total. The van der Waals surface area contributed by atoms with Gasteiger partial charge in [-0.25, -0.2) is 4.79 Å². The fraction of sp³-hybridized carbons (Fsp3) is 0.550. The second-order valence-electron chi connectivity index (χ2n) is 8.54. The molecule has 6 heteroatoms. The number of fused-ring (bicyclic) bond motifs is 1. The molecule has 1 aromatic heterocycles. The summed E-state index contributed by atoms with van der Waals surface area (Å²) in [5.41, 5.74) is 0.886. The van der Waals surface area contributed by atoms with Gasteiger partial charge in [-0.3, -0.25) is 9.78 Å². The van der Waals surface area contributed by atoms with Crippen LogP contribution in [0.4, 0.5) is 4.79 Å². The van der Waals surface area contributed by atoms with Gasteiger partial charge in [0.15, 0.2) is 5.78 Å². The van der Waals surface area contributed by atoms with E-state index in [2.05, 4.69) is 32.3 Å². The Kier molecular flexibility index (Phi) is 4.54. The Bertz CT molecular complexity index is 766. The molecule has 3 rings (SSSR count). The molecule has 0 bridgehead atoms. The van der Waals surface area contributed by atoms with Gasteiger partial charge in [-0.1, -0.05) is 27.4 Å². The van der Waals surface area contributed by atoms with E-state index >= 15 is 0 Å². The average Bonchev–Trinajstić information content (AvgIpc) is 2.89. The molecule has 140 valence electrons. The molecule has 1 aromatic rings. The van der Waals surface area contributed by atoms with Gasteiger partial charge in [-0.15, -0.1) is 0 Å². The van der Waals surface area contributed by atoms with E-state index in [-0.39, 0.29) is 17.6 Å². The lowest BCUT2D eigenvalue weighted by atomic mass is 9.87. The zero-order valence-corrected chi connectivity index (χ0v) is 15.9. The number of allylic oxidation sites excluding steroid dienone is 1. The maximum Gasteiger partial charge on any atom is 0.415 e. The third-order valence-corrected chi connectivity index (χ3v) is 4.58. The molecule has 0 aliphatic carbocycles. The van der Waals surface area contributed by atoms with Crippen LogP contribution in [-0.4, -0.2) is 40.5 Å². The highest BCUT2D eigenvalue weighted by Crippen LogP contribution is 2.39. The maximum atomic E-state index is 12.8. The number of ketones is 1. The highest BCUT2D eigenvalue weighted by atomic mass is 16.6. The first kappa shape index (κ1) is 18.4. The first-order valence-corrected chi connectivity index (χ1v) is 8.90. The molecule has 0 aromatic carbocycles. The first-order chi connectivity index (χ1) is 12.1. The molecule has 0 radical (unpaired) electrons. The predicted molar refractivity (Wildman–Crippen MR) is 97.2 cm³/mol. The summed E-state index contributed by atoms with van der Waals surface area (Å²) in [5, 5.41) is 0. The summed E-state index contributed by atoms with van der Waals surface area (Å²) >= 11 is 0. The van der Waals surface area contributed by atoms with Gasteiger partial charge in [0.25, 0.3) is 0 Å². The monoisotopic (exact) mass is 358 g/mol. The normalized spacial score (nSPS) is 22.2. The van der Waals surface area contributed by atoms with E-state index in [0.29, 0.717) is 36.6 Å². The van der Waals surface area contributed by atoms with E-state index in [1.54, 1.807) is 18.0 Å². The summed E-state index contributed by atoms with van der Waals surface area (Å²) in [5.74, 6) is 0.894. The van der Waals surface area contributed by atoms with Crippen molar-refractivity contribution in [2.45, 2.75) is 52.6 Å². The molecule has 1 fully saturated rings. The molecule has 2 aliphatic rings. The lowest BCUT2D eigenvalue weighted by molar-refractivity contribution is 0.0445. The minimum atomic E-state index is -0.689. The number of aromatic nitrogens is 1. The third-order valence-electron chi connectivity index (χ3n) is 4.58. The van der Waals surface area contributed by atoms with E-state index in [9.17, 15) is 9.59 Å². The Hall–Kier alpha value is -2.37. The van der Waals surface area contributed by atoms with Crippen molar-refractivity contribution >= 4 is 11.9 Å². The van der Waals surface area contributed by atoms with Crippen molar-refractivity contribution in [1.82, 2.24) is 9.88 Å². The Morgan fingerprint density at radius 3 is 2.85 bits per heavy atom. The quantitative estimate of drug-likeness (QED) is 0.753. The van der Waals surface area contributed by atoms with Crippen LogP contribution in [0, 0.1) is 5.41 Å². The fourth-order valence-corrected chi connectivity index (χ4v) is 3.52. The van der Waals surface area contributed by atoms with Crippen molar-refractivity contribution in [1.29, 1.82) is 0 Å². The number of ether oxygens (including phenoxy) is 2. The van der Waals surface area contributed by atoms with Crippen LogP contribution in [0.5, 0.6) is 5.75 Å². The van der Waals surface area contributed by atoms with E-state index in [1.165, 1.54) is 0 Å². The molecule has 0 saturated carbocycles. The van der Waals surface area contributed by atoms with Crippen LogP contribution >= 0.6 is 0 Å². The third kappa shape index (κ3) is 3.89. The van der Waals surface area contributed by atoms with Crippen LogP contribution in [0.3, 0.4) is 0 Å². The minimum absolute atomic E-state index is 0.0407. The number of nitrogens with zero attached hydrogens (tertiary/aromatic N) is 2. The Balaban J connectivity index is 1.77. The molecule has 2 aliphatic heterocycles. The number of carbonyl (C=O) groups excluding carboxylic acids is 2. The second-order valence-corrected chi connectivity index (χ2v) is 8.54. The Morgan fingerprint density at radius 2 is 2.19 bits per heavy atom. The number of hydrogen-bond donors (Lipinski definition) is 0. The number of hydrogen-bond acceptors (Lipinski definition) is 5. The molecule has 0 unspecified atom stereocenters. The van der Waals surface area contributed by atoms with E-state index in [1.807, 2.05) is 6.07 Å². The van der Waals surface area contributed by atoms with Crippen molar-refractivity contribution < 1.29 is 19.1 Å². The number of likely N-dealkylation sites (tertiary alicyclic amines) is 1. The number of carbonyl (C=O) groups is 2. The summed E-state index contributed by atoms with van der Waals surface area (Å²) in [6.07, 6.45) is 2.83. The molecule has 1 saturated heterocycles. The van der Waals surface area contributed by atoms with Crippen LogP contribution in [0.25, 0.3) is 0 Å². The molecule has 6 nitrogen and oxygen atoms in total. The van der Waals surface area contributed by atoms with Gasteiger partial charge < -0.3 is 14.4 Å². The van der Waals surface area contributed by atoms with Crippen LogP contribution in [0.15, 0.2) is 24.6 Å². The largest absolute Gasteiger partial charge is 0.482 e. The van der Waals surface area contributed by atoms with Gasteiger partial charge in [-0.2, -0.15) is 0 Å². The van der Waals surface area contributed by atoms with Crippen LogP contribution < -0.4 is 4.74 Å². The van der Waals surface area contributed by atoms with Crippen molar-refractivity contribution in [3.8, 4) is 5.75 Å². The smallest absolute Gasteiger partial charge is 0.415 e. The fourth-order valence-electron chi connectivity index (χ4n) is 3.52. The van der Waals surface area contributed by atoms with E-state index < -0.39 is 11.7 Å². The van der Waals surface area contributed by atoms with E-state index in [0.717, 1.165) is 12.1 Å². The Morgan fingerprint density at radius 1 is 1.46 bits per heavy atom. The zero-order chi connectivity index (χ0) is 19.1. The molecule has 3 heterocycles. The van der Waals surface area contributed by atoms with Gasteiger partial charge in [0.1, 0.15) is 11.4 Å². The number of pyridine rings is 1. The SMILES string of the molecule is C=C(C)OC(=O)N1CC[C@@]2(CC(=O)c3cc(CC(C)(C)C)ncc3O2)C1. The number of Topliss-reactive ketones (excluding diaryl/α,β-unsaturated/α-hetero) is 1. The van der Waals surface area contributed by atoms with Gasteiger partial charge in [-0.05, 0) is 24.8 Å². The van der Waals surface area contributed by atoms with Gasteiger partial charge in [0.2, 0.25) is 0 Å². The maximum absolute atomic E-state index is 12.8. The van der Waals surface area contributed by atoms with E-state index in [4.69, 9.17) is 9.47 Å². The summed E-state index contributed by atoms with van der Waals surface area (Å²) in [6, 6.07) is 1.85. The number of rotatable bonds is 2. The van der Waals surface area contributed by atoms with Crippen LogP contribution in [0.1, 0.15) is 56.6 Å². The van der Waals surface area contributed by atoms with Crippen LogP contribution in [-0.2, 0) is 11.2 Å². The molecular formula is C20H26N2O4. The minimum Gasteiger partial charge on any atom is -0.482 e. The van der Waals surface area contributed by atoms with Gasteiger partial charge in [0.05, 0.1) is 30.5 Å². The van der Waals surface area contributed by atoms with Gasteiger partial charge in [0, 0.05) is 18.7 Å². The summed E-state index contributed by atoms with van der Waals surface area (Å²) in [7, 11) is 0. The topological polar surface area (TPSA) is 68.7 Å². The molecule has 1 spiro atoms. The van der Waals surface area contributed by atoms with Crippen molar-refractivity contribution in [3.63, 3.8) is 0 Å². The summed E-state index contributed by atoms with van der Waals surface area (Å²) in [4.78, 5) is 30.9. The molecule has 1 amide bonds. The van der Waals surface area contributed by atoms with Gasteiger partial charge >= 0.3 is 6.09 Å². The zero-order valence-electron chi connectivity index (χ0n) is 15.9. The highest BCUT2D eigenvalue weighted by Gasteiger charge is 2.47. The lowest BCUT2D eigenvalue weighted by Gasteiger charge is -2.34. The molecule has 1 atom stereocenters. The molecule has 26 heavy (non-hydrogen) atoms. The van der Waals surface area contributed by atoms with Crippen molar-refractivity contribution in [2.75, 3.05) is 13.1 Å². The standard InChI is InChI=1S/C20H26N2O4/c1-13(2)25-18(24)22-7-6-20(12-22)10-16(23)15-8-14(9-19(3,4)5)21-11-17(15)26-20/h8,11H,1,6-7,9-10,12H2,2-5H3/t20-/m1/s1. The predicted octanol–water partition coefficient (Wildman–Crippen LogP) is 3.75. The summed E-state index contributed by atoms with van der Waals surface area (Å²) < 4.78 is 11.2. The van der Waals surface area contributed by atoms with Crippen LogP contribution in [0.2, 0.25) is 0 Å². The second kappa shape index (κ2) is 6.41. The highest BCUT2D eigenvalue weighted by molar-refractivity contribution is 6.00. The van der Waals surface area contributed by atoms with Crippen molar-refractivity contribution in [3.05, 3.63) is 35.9 Å². The lowest BCUT2D eigenvalue weighted by Crippen LogP contribution is -2.45. The first-order valence-electron chi connectivity index (χ1n) is 8.90. The summed E-state index contributed by atoms with van der Waals surface area (Å²) in [6.45, 7) is 12.4. The molecular weight excluding hydrogens is 332 g/mol. The average molecular weight is 358 g/mol. The Labute approximate surface area is 154 Å².